The van der Waals surface area contributed by atoms with Crippen LogP contribution in [-0.2, 0) is 5.41 Å². The molecule has 0 unspecified atom stereocenters. The Hall–Kier alpha value is -4.62. The molecular weight excluding hydrogens is 494 g/mol. The summed E-state index contributed by atoms with van der Waals surface area (Å²) < 4.78 is 0. The molecule has 0 radical (unpaired) electrons. The molecule has 0 saturated carbocycles. The summed E-state index contributed by atoms with van der Waals surface area (Å²) in [6, 6.07) is 49.2. The Morgan fingerprint density at radius 1 is 0.537 bits per heavy atom. The zero-order valence-electron chi connectivity index (χ0n) is 24.2. The summed E-state index contributed by atoms with van der Waals surface area (Å²) in [5, 5.41) is 2.48. The van der Waals surface area contributed by atoms with Crippen molar-refractivity contribution in [2.45, 2.75) is 39.0 Å². The van der Waals surface area contributed by atoms with Crippen molar-refractivity contribution in [2.75, 3.05) is 4.90 Å². The highest BCUT2D eigenvalue weighted by Crippen LogP contribution is 2.51. The maximum atomic E-state index is 2.42. The van der Waals surface area contributed by atoms with E-state index in [1.165, 1.54) is 61.1 Å². The lowest BCUT2D eigenvalue weighted by atomic mass is 9.82. The molecule has 0 fully saturated rings. The standard InChI is InChI=1S/C40H35N/c1-27(2)28-16-18-29(19-17-28)30-20-22-32(23-21-30)41(39-15-9-11-31-10-5-6-12-34(31)39)33-24-25-36-35-13-7-8-14-37(35)40(3,4)38(36)26-33/h5-27H,1-4H3. The third kappa shape index (κ3) is 4.24. The van der Waals surface area contributed by atoms with E-state index < -0.39 is 0 Å². The van der Waals surface area contributed by atoms with Crippen LogP contribution in [0.4, 0.5) is 17.1 Å². The summed E-state index contributed by atoms with van der Waals surface area (Å²) in [5.41, 5.74) is 12.8. The first-order valence-corrected chi connectivity index (χ1v) is 14.6. The molecule has 41 heavy (non-hydrogen) atoms. The zero-order valence-corrected chi connectivity index (χ0v) is 24.2. The predicted octanol–water partition coefficient (Wildman–Crippen LogP) is 11.4. The van der Waals surface area contributed by atoms with E-state index in [0.717, 1.165) is 5.69 Å². The second-order valence-electron chi connectivity index (χ2n) is 12.1. The van der Waals surface area contributed by atoms with Crippen LogP contribution in [0.1, 0.15) is 50.3 Å². The first kappa shape index (κ1) is 25.4. The van der Waals surface area contributed by atoms with Crippen LogP contribution >= 0.6 is 0 Å². The van der Waals surface area contributed by atoms with Crippen LogP contribution in [0, 0.1) is 0 Å². The largest absolute Gasteiger partial charge is 0.310 e. The normalized spacial score (nSPS) is 13.3. The Balaban J connectivity index is 1.37. The van der Waals surface area contributed by atoms with Gasteiger partial charge in [0.1, 0.15) is 0 Å². The third-order valence-electron chi connectivity index (χ3n) is 8.87. The fourth-order valence-corrected chi connectivity index (χ4v) is 6.53. The second kappa shape index (κ2) is 9.78. The molecule has 0 amide bonds. The number of anilines is 3. The molecule has 7 rings (SSSR count). The topological polar surface area (TPSA) is 3.24 Å². The number of rotatable bonds is 5. The Bertz CT molecular complexity index is 1870. The summed E-state index contributed by atoms with van der Waals surface area (Å²) in [4.78, 5) is 2.42. The molecular formula is C40H35N. The highest BCUT2D eigenvalue weighted by molar-refractivity contribution is 5.99. The lowest BCUT2D eigenvalue weighted by Gasteiger charge is -2.29. The Morgan fingerprint density at radius 3 is 1.90 bits per heavy atom. The summed E-state index contributed by atoms with van der Waals surface area (Å²) >= 11 is 0. The van der Waals surface area contributed by atoms with Crippen LogP contribution in [0.15, 0.2) is 133 Å². The van der Waals surface area contributed by atoms with Crippen molar-refractivity contribution < 1.29 is 0 Å². The number of benzene rings is 6. The molecule has 0 saturated heterocycles. The minimum Gasteiger partial charge on any atom is -0.310 e. The molecule has 1 aliphatic rings. The van der Waals surface area contributed by atoms with Gasteiger partial charge in [-0.1, -0.05) is 131 Å². The minimum absolute atomic E-state index is 0.0572. The van der Waals surface area contributed by atoms with Crippen molar-refractivity contribution in [1.82, 2.24) is 0 Å². The average Bonchev–Trinajstić information content (AvgIpc) is 3.24. The van der Waals surface area contributed by atoms with Gasteiger partial charge < -0.3 is 4.90 Å². The molecule has 1 nitrogen and oxygen atoms in total. The van der Waals surface area contributed by atoms with E-state index in [4.69, 9.17) is 0 Å². The lowest BCUT2D eigenvalue weighted by Crippen LogP contribution is -2.16. The van der Waals surface area contributed by atoms with Gasteiger partial charge >= 0.3 is 0 Å². The van der Waals surface area contributed by atoms with Crippen LogP contribution in [-0.4, -0.2) is 0 Å². The van der Waals surface area contributed by atoms with Gasteiger partial charge in [0.2, 0.25) is 0 Å². The highest BCUT2D eigenvalue weighted by atomic mass is 15.1. The molecule has 0 N–H and O–H groups in total. The van der Waals surface area contributed by atoms with E-state index >= 15 is 0 Å². The molecule has 200 valence electrons. The van der Waals surface area contributed by atoms with Gasteiger partial charge in [-0.25, -0.2) is 0 Å². The van der Waals surface area contributed by atoms with E-state index in [1.807, 2.05) is 0 Å². The Morgan fingerprint density at radius 2 is 1.15 bits per heavy atom. The first-order chi connectivity index (χ1) is 19.9. The van der Waals surface area contributed by atoms with Crippen molar-refractivity contribution in [3.8, 4) is 22.3 Å². The van der Waals surface area contributed by atoms with Crippen molar-refractivity contribution >= 4 is 27.8 Å². The maximum absolute atomic E-state index is 2.42. The van der Waals surface area contributed by atoms with Crippen molar-refractivity contribution in [3.63, 3.8) is 0 Å². The van der Waals surface area contributed by atoms with E-state index in [0.29, 0.717) is 5.92 Å². The summed E-state index contributed by atoms with van der Waals surface area (Å²) in [5.74, 6) is 0.533. The molecule has 6 aromatic carbocycles. The number of hydrogen-bond acceptors (Lipinski definition) is 1. The van der Waals surface area contributed by atoms with Crippen molar-refractivity contribution in [2.24, 2.45) is 0 Å². The molecule has 0 aromatic heterocycles. The average molecular weight is 530 g/mol. The van der Waals surface area contributed by atoms with Crippen LogP contribution in [0.25, 0.3) is 33.0 Å². The molecule has 0 aliphatic heterocycles. The highest BCUT2D eigenvalue weighted by Gasteiger charge is 2.35. The SMILES string of the molecule is CC(C)c1ccc(-c2ccc(N(c3ccc4c(c3)C(C)(C)c3ccccc3-4)c3cccc4ccccc34)cc2)cc1. The van der Waals surface area contributed by atoms with Crippen LogP contribution < -0.4 is 4.90 Å². The smallest absolute Gasteiger partial charge is 0.0540 e. The monoisotopic (exact) mass is 529 g/mol. The Kier molecular flexibility index (Phi) is 6.05. The van der Waals surface area contributed by atoms with Gasteiger partial charge in [0.25, 0.3) is 0 Å². The van der Waals surface area contributed by atoms with Gasteiger partial charge in [-0.05, 0) is 80.6 Å². The van der Waals surface area contributed by atoms with Gasteiger partial charge in [0.15, 0.2) is 0 Å². The van der Waals surface area contributed by atoms with Crippen LogP contribution in [0.3, 0.4) is 0 Å². The summed E-state index contributed by atoms with van der Waals surface area (Å²) in [6.45, 7) is 9.18. The summed E-state index contributed by atoms with van der Waals surface area (Å²) in [6.07, 6.45) is 0. The fourth-order valence-electron chi connectivity index (χ4n) is 6.53. The van der Waals surface area contributed by atoms with Crippen LogP contribution in [0.2, 0.25) is 0 Å². The Labute approximate surface area is 243 Å². The van der Waals surface area contributed by atoms with Gasteiger partial charge in [-0.2, -0.15) is 0 Å². The molecule has 1 heteroatoms. The number of hydrogen-bond donors (Lipinski definition) is 0. The first-order valence-electron chi connectivity index (χ1n) is 14.6. The number of fused-ring (bicyclic) bond motifs is 4. The molecule has 0 heterocycles. The van der Waals surface area contributed by atoms with E-state index in [-0.39, 0.29) is 5.41 Å². The van der Waals surface area contributed by atoms with Crippen molar-refractivity contribution in [3.05, 3.63) is 150 Å². The maximum Gasteiger partial charge on any atom is 0.0540 e. The van der Waals surface area contributed by atoms with Crippen LogP contribution in [0.5, 0.6) is 0 Å². The lowest BCUT2D eigenvalue weighted by molar-refractivity contribution is 0.660. The molecule has 0 atom stereocenters. The van der Waals surface area contributed by atoms with Gasteiger partial charge in [-0.3, -0.25) is 0 Å². The van der Waals surface area contributed by atoms with Gasteiger partial charge in [0.05, 0.1) is 5.69 Å². The molecule has 0 bridgehead atoms. The number of nitrogens with zero attached hydrogens (tertiary/aromatic N) is 1. The van der Waals surface area contributed by atoms with Gasteiger partial charge in [0, 0.05) is 22.2 Å². The molecule has 0 spiro atoms. The van der Waals surface area contributed by atoms with Gasteiger partial charge in [-0.15, -0.1) is 0 Å². The second-order valence-corrected chi connectivity index (χ2v) is 12.1. The summed E-state index contributed by atoms with van der Waals surface area (Å²) in [7, 11) is 0. The van der Waals surface area contributed by atoms with E-state index in [2.05, 4.69) is 166 Å². The van der Waals surface area contributed by atoms with Crippen molar-refractivity contribution in [1.29, 1.82) is 0 Å². The molecule has 6 aromatic rings. The third-order valence-corrected chi connectivity index (χ3v) is 8.87. The minimum atomic E-state index is -0.0572. The zero-order chi connectivity index (χ0) is 28.1. The van der Waals surface area contributed by atoms with E-state index in [9.17, 15) is 0 Å². The molecule has 1 aliphatic carbocycles. The van der Waals surface area contributed by atoms with E-state index in [1.54, 1.807) is 0 Å². The fraction of sp³-hybridized carbons (Fsp3) is 0.150. The predicted molar refractivity (Wildman–Crippen MR) is 176 cm³/mol. The quantitative estimate of drug-likeness (QED) is 0.215.